The summed E-state index contributed by atoms with van der Waals surface area (Å²) in [6, 6.07) is 15.2. The first kappa shape index (κ1) is 19.7. The largest absolute Gasteiger partial charge is 0.493 e. The lowest BCUT2D eigenvalue weighted by atomic mass is 10.2. The topological polar surface area (TPSA) is 69.7 Å². The molecule has 28 heavy (non-hydrogen) atoms. The minimum atomic E-state index is -0.235. The van der Waals surface area contributed by atoms with E-state index in [0.29, 0.717) is 37.0 Å². The Labute approximate surface area is 168 Å². The first-order chi connectivity index (χ1) is 13.7. The molecule has 1 aromatic heterocycles. The van der Waals surface area contributed by atoms with Crippen LogP contribution in [-0.4, -0.2) is 31.2 Å². The van der Waals surface area contributed by atoms with Gasteiger partial charge >= 0.3 is 0 Å². The van der Waals surface area contributed by atoms with Gasteiger partial charge in [-0.1, -0.05) is 29.8 Å². The van der Waals surface area contributed by atoms with E-state index in [9.17, 15) is 4.79 Å². The molecule has 0 aliphatic heterocycles. The van der Waals surface area contributed by atoms with E-state index in [2.05, 4.69) is 10.3 Å². The van der Waals surface area contributed by atoms with Gasteiger partial charge in [0, 0.05) is 5.38 Å². The second-order valence-electron chi connectivity index (χ2n) is 5.98. The molecule has 3 aromatic rings. The van der Waals surface area contributed by atoms with Gasteiger partial charge in [-0.25, -0.2) is 4.98 Å². The Morgan fingerprint density at radius 2 is 1.82 bits per heavy atom. The van der Waals surface area contributed by atoms with E-state index in [4.69, 9.17) is 14.2 Å². The van der Waals surface area contributed by atoms with Gasteiger partial charge in [0.25, 0.3) is 5.91 Å². The predicted octanol–water partition coefficient (Wildman–Crippen LogP) is 3.85. The van der Waals surface area contributed by atoms with Crippen LogP contribution in [0.1, 0.15) is 21.1 Å². The average Bonchev–Trinajstić information content (AvgIpc) is 3.20. The Morgan fingerprint density at radius 3 is 2.57 bits per heavy atom. The zero-order valence-corrected chi connectivity index (χ0v) is 16.6. The summed E-state index contributed by atoms with van der Waals surface area (Å²) in [6.45, 7) is 3.05. The maximum Gasteiger partial charge on any atom is 0.270 e. The van der Waals surface area contributed by atoms with E-state index in [0.717, 1.165) is 10.8 Å². The highest BCUT2D eigenvalue weighted by molar-refractivity contribution is 7.09. The molecule has 146 valence electrons. The maximum absolute atomic E-state index is 12.2. The first-order valence-electron chi connectivity index (χ1n) is 8.83. The van der Waals surface area contributed by atoms with Gasteiger partial charge in [-0.15, -0.1) is 11.3 Å². The van der Waals surface area contributed by atoms with E-state index in [-0.39, 0.29) is 5.91 Å². The zero-order valence-electron chi connectivity index (χ0n) is 15.8. The summed E-state index contributed by atoms with van der Waals surface area (Å²) >= 11 is 1.40. The number of benzene rings is 2. The Bertz CT molecular complexity index is 909. The molecule has 0 spiro atoms. The van der Waals surface area contributed by atoms with E-state index in [1.807, 2.05) is 55.5 Å². The second kappa shape index (κ2) is 9.75. The molecule has 0 unspecified atom stereocenters. The van der Waals surface area contributed by atoms with Crippen LogP contribution in [-0.2, 0) is 6.61 Å². The monoisotopic (exact) mass is 398 g/mol. The summed E-state index contributed by atoms with van der Waals surface area (Å²) in [6.07, 6.45) is 0. The molecule has 0 radical (unpaired) electrons. The number of amides is 1. The van der Waals surface area contributed by atoms with Crippen LogP contribution in [0.4, 0.5) is 0 Å². The molecule has 0 aliphatic rings. The third-order valence-corrected chi connectivity index (χ3v) is 4.70. The number of aryl methyl sites for hydroxylation is 1. The van der Waals surface area contributed by atoms with Crippen LogP contribution in [0.5, 0.6) is 17.2 Å². The summed E-state index contributed by atoms with van der Waals surface area (Å²) in [5, 5.41) is 5.27. The van der Waals surface area contributed by atoms with E-state index >= 15 is 0 Å². The molecule has 7 heteroatoms. The van der Waals surface area contributed by atoms with Gasteiger partial charge in [0.15, 0.2) is 11.5 Å². The number of hydrogen-bond donors (Lipinski definition) is 1. The van der Waals surface area contributed by atoms with Crippen molar-refractivity contribution >= 4 is 17.2 Å². The molecule has 0 fully saturated rings. The number of carbonyl (C=O) groups is 1. The maximum atomic E-state index is 12.2. The van der Waals surface area contributed by atoms with Crippen LogP contribution in [0.2, 0.25) is 0 Å². The van der Waals surface area contributed by atoms with Gasteiger partial charge < -0.3 is 19.5 Å². The van der Waals surface area contributed by atoms with Gasteiger partial charge in [0.1, 0.15) is 29.7 Å². The highest BCUT2D eigenvalue weighted by Gasteiger charge is 2.11. The van der Waals surface area contributed by atoms with Crippen LogP contribution >= 0.6 is 11.3 Å². The molecule has 6 nitrogen and oxygen atoms in total. The third kappa shape index (κ3) is 5.47. The highest BCUT2D eigenvalue weighted by atomic mass is 32.1. The highest BCUT2D eigenvalue weighted by Crippen LogP contribution is 2.25. The van der Waals surface area contributed by atoms with Crippen molar-refractivity contribution in [1.29, 1.82) is 0 Å². The molecule has 0 bridgehead atoms. The summed E-state index contributed by atoms with van der Waals surface area (Å²) in [4.78, 5) is 16.5. The van der Waals surface area contributed by atoms with E-state index in [1.54, 1.807) is 12.5 Å². The van der Waals surface area contributed by atoms with Gasteiger partial charge in [-0.3, -0.25) is 4.79 Å². The van der Waals surface area contributed by atoms with Crippen molar-refractivity contribution in [2.75, 3.05) is 20.3 Å². The average molecular weight is 398 g/mol. The zero-order chi connectivity index (χ0) is 19.8. The molecule has 1 N–H and O–H groups in total. The fourth-order valence-corrected chi connectivity index (χ4v) is 3.10. The molecule has 0 saturated heterocycles. The summed E-state index contributed by atoms with van der Waals surface area (Å²) in [5.41, 5.74) is 1.56. The van der Waals surface area contributed by atoms with E-state index < -0.39 is 0 Å². The molecule has 3 rings (SSSR count). The fraction of sp³-hybridized carbons (Fsp3) is 0.238. The number of rotatable bonds is 9. The number of carbonyl (C=O) groups excluding carboxylic acids is 1. The number of nitrogens with zero attached hydrogens (tertiary/aromatic N) is 1. The molecule has 0 saturated carbocycles. The van der Waals surface area contributed by atoms with Gasteiger partial charge in [-0.2, -0.15) is 0 Å². The number of ether oxygens (including phenoxy) is 3. The first-order valence-corrected chi connectivity index (χ1v) is 9.71. The standard InChI is InChI=1S/C21H22N2O4S/c1-15-7-9-16(10-8-15)27-13-20-23-17(14-28-20)21(24)22-11-12-26-19-6-4-3-5-18(19)25-2/h3-10,14H,11-13H2,1-2H3,(H,22,24). The molecule has 2 aromatic carbocycles. The minimum absolute atomic E-state index is 0.235. The Balaban J connectivity index is 1.43. The smallest absolute Gasteiger partial charge is 0.270 e. The Kier molecular flexibility index (Phi) is 6.86. The van der Waals surface area contributed by atoms with Crippen molar-refractivity contribution in [3.05, 3.63) is 70.2 Å². The normalized spacial score (nSPS) is 10.4. The Morgan fingerprint density at radius 1 is 1.07 bits per heavy atom. The number of hydrogen-bond acceptors (Lipinski definition) is 6. The lowest BCUT2D eigenvalue weighted by Gasteiger charge is -2.10. The lowest BCUT2D eigenvalue weighted by Crippen LogP contribution is -2.28. The SMILES string of the molecule is COc1ccccc1OCCNC(=O)c1csc(COc2ccc(C)cc2)n1. The minimum Gasteiger partial charge on any atom is -0.493 e. The van der Waals surface area contributed by atoms with E-state index in [1.165, 1.54) is 16.9 Å². The molecule has 1 heterocycles. The lowest BCUT2D eigenvalue weighted by molar-refractivity contribution is 0.0942. The molecular formula is C21H22N2O4S. The number of methoxy groups -OCH3 is 1. The predicted molar refractivity (Wildman–Crippen MR) is 108 cm³/mol. The molecule has 0 atom stereocenters. The van der Waals surface area contributed by atoms with Crippen molar-refractivity contribution in [3.63, 3.8) is 0 Å². The molecule has 0 aliphatic carbocycles. The molecule has 1 amide bonds. The number of para-hydroxylation sites is 2. The van der Waals surface area contributed by atoms with Crippen LogP contribution in [0.3, 0.4) is 0 Å². The van der Waals surface area contributed by atoms with Crippen LogP contribution in [0.15, 0.2) is 53.9 Å². The second-order valence-corrected chi connectivity index (χ2v) is 6.93. The van der Waals surface area contributed by atoms with Crippen molar-refractivity contribution in [2.24, 2.45) is 0 Å². The number of nitrogens with one attached hydrogen (secondary N) is 1. The number of aromatic nitrogens is 1. The fourth-order valence-electron chi connectivity index (χ4n) is 2.42. The van der Waals surface area contributed by atoms with Crippen LogP contribution < -0.4 is 19.5 Å². The van der Waals surface area contributed by atoms with Crippen molar-refractivity contribution < 1.29 is 19.0 Å². The van der Waals surface area contributed by atoms with Gasteiger partial charge in [0.2, 0.25) is 0 Å². The summed E-state index contributed by atoms with van der Waals surface area (Å²) < 4.78 is 16.6. The van der Waals surface area contributed by atoms with Crippen molar-refractivity contribution in [1.82, 2.24) is 10.3 Å². The van der Waals surface area contributed by atoms with Gasteiger partial charge in [-0.05, 0) is 31.2 Å². The Hall–Kier alpha value is -3.06. The van der Waals surface area contributed by atoms with Gasteiger partial charge in [0.05, 0.1) is 13.7 Å². The quantitative estimate of drug-likeness (QED) is 0.555. The van der Waals surface area contributed by atoms with Crippen LogP contribution in [0, 0.1) is 6.92 Å². The molecular weight excluding hydrogens is 376 g/mol. The summed E-state index contributed by atoms with van der Waals surface area (Å²) in [5.74, 6) is 1.84. The van der Waals surface area contributed by atoms with Crippen molar-refractivity contribution in [2.45, 2.75) is 13.5 Å². The summed E-state index contributed by atoms with van der Waals surface area (Å²) in [7, 11) is 1.59. The third-order valence-electron chi connectivity index (χ3n) is 3.88. The van der Waals surface area contributed by atoms with Crippen molar-refractivity contribution in [3.8, 4) is 17.2 Å². The van der Waals surface area contributed by atoms with Crippen LogP contribution in [0.25, 0.3) is 0 Å². The number of thiazole rings is 1.